The van der Waals surface area contributed by atoms with E-state index in [1.165, 1.54) is 12.1 Å². The zero-order chi connectivity index (χ0) is 22.9. The van der Waals surface area contributed by atoms with Gasteiger partial charge in [-0.3, -0.25) is 9.59 Å². The van der Waals surface area contributed by atoms with Crippen LogP contribution in [0, 0.1) is 17.7 Å². The van der Waals surface area contributed by atoms with Crippen molar-refractivity contribution >= 4 is 35.0 Å². The Morgan fingerprint density at radius 1 is 0.906 bits per heavy atom. The van der Waals surface area contributed by atoms with E-state index in [-0.39, 0.29) is 47.6 Å². The highest BCUT2D eigenvalue weighted by molar-refractivity contribution is 6.30. The summed E-state index contributed by atoms with van der Waals surface area (Å²) in [5.41, 5.74) is 0. The molecule has 1 aliphatic heterocycles. The number of nitrogens with one attached hydrogen (secondary N) is 2. The van der Waals surface area contributed by atoms with Crippen molar-refractivity contribution in [3.63, 3.8) is 0 Å². The summed E-state index contributed by atoms with van der Waals surface area (Å²) in [6.07, 6.45) is 0. The lowest BCUT2D eigenvalue weighted by atomic mass is 9.96. The zero-order valence-electron chi connectivity index (χ0n) is 17.1. The Morgan fingerprint density at radius 2 is 1.44 bits per heavy atom. The summed E-state index contributed by atoms with van der Waals surface area (Å²) in [5.74, 6) is -0.336. The Labute approximate surface area is 195 Å². The molecule has 172 valence electrons. The molecule has 3 rings (SSSR count). The molecule has 1 aliphatic rings. The molecule has 0 aromatic heterocycles. The van der Waals surface area contributed by atoms with Gasteiger partial charge in [-0.2, -0.15) is 0 Å². The quantitative estimate of drug-likeness (QED) is 0.541. The molecule has 7 nitrogen and oxygen atoms in total. The second-order valence-corrected chi connectivity index (χ2v) is 8.12. The average molecular weight is 485 g/mol. The summed E-state index contributed by atoms with van der Waals surface area (Å²) >= 11 is 11.4. The van der Waals surface area contributed by atoms with Gasteiger partial charge in [0.15, 0.2) is 13.2 Å². The maximum absolute atomic E-state index is 13.4. The lowest BCUT2D eigenvalue weighted by molar-refractivity contribution is -0.124. The first kappa shape index (κ1) is 24.1. The van der Waals surface area contributed by atoms with Crippen molar-refractivity contribution in [2.24, 2.45) is 11.8 Å². The van der Waals surface area contributed by atoms with Gasteiger partial charge < -0.3 is 24.8 Å². The molecular formula is C22H23Cl2FN2O5. The third-order valence-corrected chi connectivity index (χ3v) is 5.46. The van der Waals surface area contributed by atoms with Crippen molar-refractivity contribution in [3.8, 4) is 11.5 Å². The first-order valence-corrected chi connectivity index (χ1v) is 10.7. The van der Waals surface area contributed by atoms with E-state index in [0.29, 0.717) is 37.1 Å². The van der Waals surface area contributed by atoms with E-state index in [4.69, 9.17) is 37.4 Å². The third kappa shape index (κ3) is 7.55. The van der Waals surface area contributed by atoms with Crippen LogP contribution in [0.2, 0.25) is 10.0 Å². The fourth-order valence-corrected chi connectivity index (χ4v) is 3.32. The van der Waals surface area contributed by atoms with Crippen LogP contribution in [-0.2, 0) is 14.3 Å². The van der Waals surface area contributed by atoms with Gasteiger partial charge in [0.25, 0.3) is 11.8 Å². The van der Waals surface area contributed by atoms with Gasteiger partial charge in [-0.25, -0.2) is 4.39 Å². The molecule has 0 unspecified atom stereocenters. The Hall–Kier alpha value is -2.55. The van der Waals surface area contributed by atoms with E-state index >= 15 is 0 Å². The van der Waals surface area contributed by atoms with E-state index < -0.39 is 5.82 Å². The lowest BCUT2D eigenvalue weighted by Gasteiger charge is -2.19. The van der Waals surface area contributed by atoms with Gasteiger partial charge in [0.1, 0.15) is 17.3 Å². The zero-order valence-corrected chi connectivity index (χ0v) is 18.6. The summed E-state index contributed by atoms with van der Waals surface area (Å²) in [5, 5.41) is 6.18. The summed E-state index contributed by atoms with van der Waals surface area (Å²) in [7, 11) is 0. The summed E-state index contributed by atoms with van der Waals surface area (Å²) in [6, 6.07) is 10.7. The van der Waals surface area contributed by atoms with E-state index in [9.17, 15) is 14.0 Å². The summed E-state index contributed by atoms with van der Waals surface area (Å²) < 4.78 is 29.6. The van der Waals surface area contributed by atoms with Gasteiger partial charge in [-0.05, 0) is 36.4 Å². The topological polar surface area (TPSA) is 85.9 Å². The predicted molar refractivity (Wildman–Crippen MR) is 118 cm³/mol. The highest BCUT2D eigenvalue weighted by atomic mass is 35.5. The van der Waals surface area contributed by atoms with E-state index in [2.05, 4.69) is 10.6 Å². The second kappa shape index (κ2) is 11.9. The normalized spacial score (nSPS) is 17.6. The molecule has 2 aromatic rings. The summed E-state index contributed by atoms with van der Waals surface area (Å²) in [6.45, 7) is 1.38. The number of carbonyl (C=O) groups is 2. The van der Waals surface area contributed by atoms with Gasteiger partial charge in [-0.15, -0.1) is 0 Å². The Balaban J connectivity index is 1.34. The van der Waals surface area contributed by atoms with E-state index in [0.717, 1.165) is 6.07 Å². The van der Waals surface area contributed by atoms with Crippen LogP contribution in [0.5, 0.6) is 11.5 Å². The second-order valence-electron chi connectivity index (χ2n) is 7.27. The maximum atomic E-state index is 13.4. The molecule has 2 N–H and O–H groups in total. The highest BCUT2D eigenvalue weighted by Gasteiger charge is 2.29. The van der Waals surface area contributed by atoms with Crippen molar-refractivity contribution in [1.29, 1.82) is 0 Å². The molecule has 2 atom stereocenters. The van der Waals surface area contributed by atoms with Gasteiger partial charge in [-0.1, -0.05) is 23.2 Å². The molecule has 0 spiro atoms. The number of carbonyl (C=O) groups excluding carboxylic acids is 2. The fourth-order valence-electron chi connectivity index (χ4n) is 3.08. The summed E-state index contributed by atoms with van der Waals surface area (Å²) in [4.78, 5) is 24.1. The van der Waals surface area contributed by atoms with Crippen LogP contribution >= 0.6 is 23.2 Å². The van der Waals surface area contributed by atoms with Crippen molar-refractivity contribution in [2.45, 2.75) is 0 Å². The molecule has 1 saturated heterocycles. The smallest absolute Gasteiger partial charge is 0.257 e. The molecule has 0 radical (unpaired) electrons. The number of hydrogen-bond acceptors (Lipinski definition) is 5. The SMILES string of the molecule is O=C(COc1ccc(Cl)c(F)c1)NC[C@@H]1COC[C@@H]1CNC(=O)COc1ccc(Cl)cc1. The van der Waals surface area contributed by atoms with Gasteiger partial charge in [0, 0.05) is 36.0 Å². The minimum Gasteiger partial charge on any atom is -0.484 e. The molecule has 1 fully saturated rings. The first-order valence-electron chi connectivity index (χ1n) is 9.98. The van der Waals surface area contributed by atoms with E-state index in [1.54, 1.807) is 24.3 Å². The van der Waals surface area contributed by atoms with Gasteiger partial charge in [0.2, 0.25) is 0 Å². The Bertz CT molecular complexity index is 929. The standard InChI is InChI=1S/C22H23Cl2FN2O5/c23-16-1-3-17(4-2-16)31-12-21(28)26-8-14-10-30-11-15(14)9-27-22(29)13-32-18-5-6-19(24)20(25)7-18/h1-7,14-15H,8-13H2,(H,26,28)(H,27,29)/t14-,15+/m0/s1. The van der Waals surface area contributed by atoms with Crippen LogP contribution in [0.15, 0.2) is 42.5 Å². The fraction of sp³-hybridized carbons (Fsp3) is 0.364. The molecular weight excluding hydrogens is 462 g/mol. The maximum Gasteiger partial charge on any atom is 0.257 e. The van der Waals surface area contributed by atoms with Crippen molar-refractivity contribution in [2.75, 3.05) is 39.5 Å². The van der Waals surface area contributed by atoms with Crippen LogP contribution in [-0.4, -0.2) is 51.3 Å². The third-order valence-electron chi connectivity index (χ3n) is 4.90. The molecule has 10 heteroatoms. The average Bonchev–Trinajstić information content (AvgIpc) is 3.24. The lowest BCUT2D eigenvalue weighted by Crippen LogP contribution is -2.40. The molecule has 0 bridgehead atoms. The molecule has 2 amide bonds. The molecule has 0 saturated carbocycles. The Morgan fingerprint density at radius 3 is 2.00 bits per heavy atom. The van der Waals surface area contributed by atoms with Crippen LogP contribution < -0.4 is 20.1 Å². The monoisotopic (exact) mass is 484 g/mol. The van der Waals surface area contributed by atoms with Crippen LogP contribution in [0.1, 0.15) is 0 Å². The molecule has 2 aromatic carbocycles. The number of rotatable bonds is 10. The number of halogens is 3. The minimum atomic E-state index is -0.615. The van der Waals surface area contributed by atoms with Crippen LogP contribution in [0.3, 0.4) is 0 Å². The molecule has 32 heavy (non-hydrogen) atoms. The molecule has 1 heterocycles. The van der Waals surface area contributed by atoms with Gasteiger partial charge in [0.05, 0.1) is 18.2 Å². The van der Waals surface area contributed by atoms with Crippen molar-refractivity contribution in [3.05, 3.63) is 58.3 Å². The number of hydrogen-bond donors (Lipinski definition) is 2. The first-order chi connectivity index (χ1) is 15.4. The van der Waals surface area contributed by atoms with Crippen LogP contribution in [0.4, 0.5) is 4.39 Å². The van der Waals surface area contributed by atoms with Crippen LogP contribution in [0.25, 0.3) is 0 Å². The van der Waals surface area contributed by atoms with E-state index in [1.807, 2.05) is 0 Å². The van der Waals surface area contributed by atoms with Gasteiger partial charge >= 0.3 is 0 Å². The number of amides is 2. The number of benzene rings is 2. The minimum absolute atomic E-state index is 0.0160. The number of ether oxygens (including phenoxy) is 3. The highest BCUT2D eigenvalue weighted by Crippen LogP contribution is 2.21. The Kier molecular flexibility index (Phi) is 8.96. The predicted octanol–water partition coefficient (Wildman–Crippen LogP) is 3.09. The molecule has 0 aliphatic carbocycles. The van der Waals surface area contributed by atoms with Crippen molar-refractivity contribution in [1.82, 2.24) is 10.6 Å². The van der Waals surface area contributed by atoms with Crippen molar-refractivity contribution < 1.29 is 28.2 Å². The largest absolute Gasteiger partial charge is 0.484 e.